The minimum atomic E-state index is -1.20. The largest absolute Gasteiger partial charge is 0.481 e. The fraction of sp³-hybridized carbons (Fsp3) is 0.729. The van der Waals surface area contributed by atoms with Crippen LogP contribution in [-0.2, 0) is 40.0 Å². The summed E-state index contributed by atoms with van der Waals surface area (Å²) in [7, 11) is 0. The highest BCUT2D eigenvalue weighted by molar-refractivity contribution is 6.30. The molecule has 0 saturated heterocycles. The third-order valence-corrected chi connectivity index (χ3v) is 16.0. The number of allylic oxidation sites excluding steroid dienone is 1. The first kappa shape index (κ1) is 45.9. The van der Waals surface area contributed by atoms with E-state index in [9.17, 15) is 29.1 Å². The number of fused-ring (bicyclic) bond motifs is 5. The Labute approximate surface area is 352 Å². The fourth-order valence-corrected chi connectivity index (χ4v) is 12.4. The molecule has 0 spiro atoms. The summed E-state index contributed by atoms with van der Waals surface area (Å²) < 4.78 is 12.3. The van der Waals surface area contributed by atoms with Crippen molar-refractivity contribution in [3.8, 4) is 0 Å². The Kier molecular flexibility index (Phi) is 13.5. The first-order chi connectivity index (χ1) is 26.9. The number of aliphatic carboxylic acids is 1. The number of hydrogen-bond donors (Lipinski definition) is 1. The van der Waals surface area contributed by atoms with E-state index >= 15 is 0 Å². The molecule has 9 nitrogen and oxygen atoms in total. The SMILES string of the molecule is CC(=O)OC(CN(Cc1ccc(Cl)cc1)C(C)=O)C12CCC3(C)C(CCC4C(C)(CCC(OC(=O)CC(C)(C)C(=O)O)C(C)C)CCCC43C)C1=C(C(C)C)C(=O)C2. The minimum absolute atomic E-state index is 0.0000833. The van der Waals surface area contributed by atoms with Crippen LogP contribution in [0.4, 0.5) is 0 Å². The number of esters is 2. The lowest BCUT2D eigenvalue weighted by Gasteiger charge is -2.69. The molecule has 10 heteroatoms. The number of ketones is 1. The number of ether oxygens (including phenoxy) is 2. The summed E-state index contributed by atoms with van der Waals surface area (Å²) in [6.45, 7) is 22.4. The van der Waals surface area contributed by atoms with Gasteiger partial charge in [-0.25, -0.2) is 0 Å². The number of carbonyl (C=O) groups excluding carboxylic acids is 4. The Balaban J connectivity index is 1.47. The number of benzene rings is 1. The molecule has 4 aliphatic rings. The number of hydrogen-bond acceptors (Lipinski definition) is 7. The minimum Gasteiger partial charge on any atom is -0.481 e. The van der Waals surface area contributed by atoms with E-state index in [0.717, 1.165) is 56.1 Å². The van der Waals surface area contributed by atoms with Gasteiger partial charge in [0.1, 0.15) is 12.2 Å². The van der Waals surface area contributed by atoms with Crippen LogP contribution >= 0.6 is 11.6 Å². The van der Waals surface area contributed by atoms with E-state index in [1.807, 2.05) is 12.1 Å². The van der Waals surface area contributed by atoms with Crippen molar-refractivity contribution < 1.29 is 38.6 Å². The highest BCUT2D eigenvalue weighted by Crippen LogP contribution is 2.74. The van der Waals surface area contributed by atoms with Crippen LogP contribution in [0.5, 0.6) is 0 Å². The van der Waals surface area contributed by atoms with E-state index in [1.54, 1.807) is 37.8 Å². The Bertz CT molecular complexity index is 1780. The zero-order valence-corrected chi connectivity index (χ0v) is 37.9. The number of Topliss-reactive ketones (excluding diaryl/α,β-unsaturated/α-hetero) is 1. The molecule has 1 aromatic rings. The van der Waals surface area contributed by atoms with Crippen LogP contribution in [0.15, 0.2) is 35.4 Å². The molecule has 3 saturated carbocycles. The van der Waals surface area contributed by atoms with Crippen molar-refractivity contribution >= 4 is 41.2 Å². The molecule has 1 aromatic carbocycles. The van der Waals surface area contributed by atoms with Crippen molar-refractivity contribution in [3.05, 3.63) is 46.0 Å². The molecule has 5 rings (SSSR count). The molecule has 1 N–H and O–H groups in total. The second-order valence-electron chi connectivity index (χ2n) is 20.6. The summed E-state index contributed by atoms with van der Waals surface area (Å²) in [6.07, 6.45) is 7.49. The van der Waals surface area contributed by atoms with Crippen LogP contribution in [0.3, 0.4) is 0 Å². The van der Waals surface area contributed by atoms with Gasteiger partial charge in [0.15, 0.2) is 5.78 Å². The molecule has 0 bridgehead atoms. The topological polar surface area (TPSA) is 127 Å². The maximum atomic E-state index is 14.4. The van der Waals surface area contributed by atoms with Crippen molar-refractivity contribution in [2.75, 3.05) is 6.54 Å². The van der Waals surface area contributed by atoms with Gasteiger partial charge in [-0.1, -0.05) is 78.6 Å². The third kappa shape index (κ3) is 8.67. The maximum Gasteiger partial charge on any atom is 0.309 e. The molecule has 322 valence electrons. The lowest BCUT2D eigenvalue weighted by molar-refractivity contribution is -0.184. The van der Waals surface area contributed by atoms with E-state index in [-0.39, 0.29) is 71.2 Å². The Morgan fingerprint density at radius 1 is 0.931 bits per heavy atom. The summed E-state index contributed by atoms with van der Waals surface area (Å²) >= 11 is 6.18. The van der Waals surface area contributed by atoms with Crippen LogP contribution in [-0.4, -0.2) is 58.4 Å². The number of carbonyl (C=O) groups is 5. The first-order valence-electron chi connectivity index (χ1n) is 21.8. The summed E-state index contributed by atoms with van der Waals surface area (Å²) in [6, 6.07) is 7.42. The van der Waals surface area contributed by atoms with Crippen molar-refractivity contribution in [2.24, 2.45) is 50.7 Å². The summed E-state index contributed by atoms with van der Waals surface area (Å²) in [5.74, 6) is -1.26. The number of halogens is 1. The van der Waals surface area contributed by atoms with Gasteiger partial charge < -0.3 is 19.5 Å². The second-order valence-corrected chi connectivity index (χ2v) is 21.0. The summed E-state index contributed by atoms with van der Waals surface area (Å²) in [4.78, 5) is 67.2. The number of rotatable bonds is 15. The van der Waals surface area contributed by atoms with Crippen LogP contribution in [0.25, 0.3) is 0 Å². The summed E-state index contributed by atoms with van der Waals surface area (Å²) in [5, 5.41) is 10.2. The molecule has 8 atom stereocenters. The van der Waals surface area contributed by atoms with Gasteiger partial charge in [-0.2, -0.15) is 0 Å². The number of carboxylic acid groups (broad SMARTS) is 1. The third-order valence-electron chi connectivity index (χ3n) is 15.7. The van der Waals surface area contributed by atoms with E-state index < -0.39 is 34.8 Å². The Morgan fingerprint density at radius 2 is 1.59 bits per heavy atom. The fourth-order valence-electron chi connectivity index (χ4n) is 12.3. The van der Waals surface area contributed by atoms with Gasteiger partial charge in [-0.15, -0.1) is 0 Å². The van der Waals surface area contributed by atoms with Gasteiger partial charge in [0.05, 0.1) is 18.4 Å². The molecule has 8 unspecified atom stereocenters. The van der Waals surface area contributed by atoms with E-state index in [1.165, 1.54) is 12.5 Å². The van der Waals surface area contributed by atoms with Crippen molar-refractivity contribution in [2.45, 2.75) is 166 Å². The molecule has 4 aliphatic carbocycles. The van der Waals surface area contributed by atoms with Crippen molar-refractivity contribution in [3.63, 3.8) is 0 Å². The van der Waals surface area contributed by atoms with Crippen LogP contribution in [0.2, 0.25) is 5.02 Å². The first-order valence-corrected chi connectivity index (χ1v) is 22.2. The zero-order valence-electron chi connectivity index (χ0n) is 37.1. The van der Waals surface area contributed by atoms with Gasteiger partial charge in [0.25, 0.3) is 0 Å². The van der Waals surface area contributed by atoms with Gasteiger partial charge >= 0.3 is 17.9 Å². The molecular weight excluding hydrogens is 754 g/mol. The standard InChI is InChI=1S/C48H70ClNO8/c1-29(2)37(58-40(54)26-44(7,8)43(55)56)19-22-45(9)20-12-21-47(11)38(45)18-17-35-42-41(30(3)4)36(53)25-48(42,24-23-46(35,47)10)39(57-32(6)52)28-50(31(5)51)27-33-13-15-34(49)16-14-33/h13-16,29-30,35,37-39H,12,17-28H2,1-11H3,(H,55,56). The highest BCUT2D eigenvalue weighted by atomic mass is 35.5. The van der Waals surface area contributed by atoms with Crippen molar-refractivity contribution in [1.82, 2.24) is 4.90 Å². The van der Waals surface area contributed by atoms with Crippen molar-refractivity contribution in [1.29, 1.82) is 0 Å². The molecule has 58 heavy (non-hydrogen) atoms. The van der Waals surface area contributed by atoms with E-state index in [2.05, 4.69) is 48.5 Å². The average molecular weight is 825 g/mol. The molecule has 0 aromatic heterocycles. The van der Waals surface area contributed by atoms with E-state index in [0.29, 0.717) is 30.3 Å². The molecule has 0 aliphatic heterocycles. The quantitative estimate of drug-likeness (QED) is 0.173. The molecular formula is C48H70ClNO8. The number of nitrogens with zero attached hydrogens (tertiary/aromatic N) is 1. The highest BCUT2D eigenvalue weighted by Gasteiger charge is 2.68. The van der Waals surface area contributed by atoms with Gasteiger partial charge in [0.2, 0.25) is 5.91 Å². The monoisotopic (exact) mass is 823 g/mol. The van der Waals surface area contributed by atoms with Crippen LogP contribution < -0.4 is 0 Å². The zero-order chi connectivity index (χ0) is 43.2. The molecule has 3 fully saturated rings. The predicted molar refractivity (Wildman–Crippen MR) is 226 cm³/mol. The summed E-state index contributed by atoms with van der Waals surface area (Å²) in [5.41, 5.74) is 0.936. The van der Waals surface area contributed by atoms with E-state index in [4.69, 9.17) is 21.1 Å². The maximum absolute atomic E-state index is 14.4. The molecule has 0 heterocycles. The van der Waals surface area contributed by atoms with Gasteiger partial charge in [-0.05, 0) is 134 Å². The normalized spacial score (nSPS) is 30.6. The van der Waals surface area contributed by atoms with Crippen LogP contribution in [0, 0.1) is 50.7 Å². The number of carboxylic acids is 1. The van der Waals surface area contributed by atoms with Gasteiger partial charge in [0, 0.05) is 37.3 Å². The molecule has 1 amide bonds. The molecule has 0 radical (unpaired) electrons. The average Bonchev–Trinajstić information content (AvgIpc) is 3.43. The Morgan fingerprint density at radius 3 is 2.16 bits per heavy atom. The smallest absolute Gasteiger partial charge is 0.309 e. The van der Waals surface area contributed by atoms with Gasteiger partial charge in [-0.3, -0.25) is 24.0 Å². The lowest BCUT2D eigenvalue weighted by atomic mass is 9.36. The Hall–Kier alpha value is -3.20. The van der Waals surface area contributed by atoms with Crippen LogP contribution in [0.1, 0.15) is 152 Å². The predicted octanol–water partition coefficient (Wildman–Crippen LogP) is 10.4. The lowest BCUT2D eigenvalue weighted by Crippen LogP contribution is -2.62. The second kappa shape index (κ2) is 17.0. The number of amides is 1.